The van der Waals surface area contributed by atoms with Crippen molar-refractivity contribution in [3.63, 3.8) is 0 Å². The van der Waals surface area contributed by atoms with Crippen LogP contribution in [-0.2, 0) is 16.1 Å². The van der Waals surface area contributed by atoms with E-state index in [0.717, 1.165) is 0 Å². The zero-order chi connectivity index (χ0) is 30.3. The van der Waals surface area contributed by atoms with Crippen LogP contribution in [0.25, 0.3) is 16.9 Å². The lowest BCUT2D eigenvalue weighted by molar-refractivity contribution is -0.117. The van der Waals surface area contributed by atoms with E-state index in [-0.39, 0.29) is 17.9 Å². The Morgan fingerprint density at radius 1 is 1.14 bits per heavy atom. The molecular weight excluding hydrogens is 536 g/mol. The average molecular weight is 571 g/mol. The number of nitrogens with zero attached hydrogens (tertiary/aromatic N) is 5. The molecule has 1 amide bonds. The number of benzene rings is 2. The van der Waals surface area contributed by atoms with Crippen LogP contribution in [0.4, 0.5) is 5.82 Å². The minimum absolute atomic E-state index is 0.0454. The lowest BCUT2D eigenvalue weighted by Crippen LogP contribution is -2.42. The number of imidazole rings is 1. The van der Waals surface area contributed by atoms with Gasteiger partial charge in [0.25, 0.3) is 5.91 Å². The van der Waals surface area contributed by atoms with Gasteiger partial charge in [-0.25, -0.2) is 14.8 Å². The van der Waals surface area contributed by atoms with Crippen molar-refractivity contribution in [1.29, 1.82) is 5.26 Å². The Kier molecular flexibility index (Phi) is 9.36. The van der Waals surface area contributed by atoms with Crippen LogP contribution in [0.5, 0.6) is 11.5 Å². The molecule has 12 heteroatoms. The van der Waals surface area contributed by atoms with Crippen LogP contribution in [0.1, 0.15) is 20.8 Å². The first-order chi connectivity index (χ1) is 20.1. The predicted octanol–water partition coefficient (Wildman–Crippen LogP) is 2.93. The second-order valence-corrected chi connectivity index (χ2v) is 10.3. The molecule has 2 aromatic carbocycles. The Hall–Kier alpha value is -4.99. The maximum atomic E-state index is 13.7. The number of para-hydroxylation sites is 1. The highest BCUT2D eigenvalue weighted by Crippen LogP contribution is 2.25. The summed E-state index contributed by atoms with van der Waals surface area (Å²) in [6.07, 6.45) is 2.86. The molecule has 0 aliphatic heterocycles. The number of nitrogens with one attached hydrogen (secondary N) is 2. The largest absolute Gasteiger partial charge is 0.457 e. The molecule has 2 aromatic heterocycles. The van der Waals surface area contributed by atoms with Crippen LogP contribution in [0, 0.1) is 11.3 Å². The van der Waals surface area contributed by atoms with E-state index in [1.807, 2.05) is 50.2 Å². The number of carbonyl (C=O) groups excluding carboxylic acids is 1. The van der Waals surface area contributed by atoms with Crippen molar-refractivity contribution < 1.29 is 14.3 Å². The molecule has 4 aromatic rings. The summed E-state index contributed by atoms with van der Waals surface area (Å²) in [6.45, 7) is 6.58. The van der Waals surface area contributed by atoms with Crippen LogP contribution in [0.3, 0.4) is 0 Å². The van der Waals surface area contributed by atoms with Gasteiger partial charge in [-0.15, -0.1) is 0 Å². The van der Waals surface area contributed by atoms with E-state index in [4.69, 9.17) is 15.2 Å². The maximum absolute atomic E-state index is 13.7. The van der Waals surface area contributed by atoms with Gasteiger partial charge < -0.3 is 25.8 Å². The van der Waals surface area contributed by atoms with Gasteiger partial charge in [-0.1, -0.05) is 18.2 Å². The van der Waals surface area contributed by atoms with Crippen LogP contribution in [-0.4, -0.2) is 56.9 Å². The van der Waals surface area contributed by atoms with Gasteiger partial charge in [-0.3, -0.25) is 13.9 Å². The van der Waals surface area contributed by atoms with E-state index in [2.05, 4.69) is 20.6 Å². The molecule has 4 N–H and O–H groups in total. The van der Waals surface area contributed by atoms with Crippen molar-refractivity contribution in [3.8, 4) is 23.3 Å². The molecule has 0 aliphatic rings. The minimum atomic E-state index is -0.620. The summed E-state index contributed by atoms with van der Waals surface area (Å²) in [5, 5.41) is 15.7. The summed E-state index contributed by atoms with van der Waals surface area (Å²) in [5.74, 6) is 0.871. The molecule has 4 rings (SSSR count). The number of carbonyl (C=O) groups is 1. The van der Waals surface area contributed by atoms with Gasteiger partial charge in [-0.05, 0) is 63.2 Å². The fourth-order valence-electron chi connectivity index (χ4n) is 4.45. The van der Waals surface area contributed by atoms with Crippen molar-refractivity contribution >= 4 is 22.9 Å². The number of fused-ring (bicyclic) bond motifs is 1. The monoisotopic (exact) mass is 570 g/mol. The third-order valence-electron chi connectivity index (χ3n) is 6.40. The van der Waals surface area contributed by atoms with Crippen LogP contribution >= 0.6 is 0 Å². The SMILES string of the molecule is COCCNC(C)(C)/C=C(\C#N)C(=O)N[C@@H](C)Cn1c(=O)n(-c2ccc(Oc3ccccc3)cc2)c2c(N)ncnc21. The Bertz CT molecular complexity index is 1670. The van der Waals surface area contributed by atoms with Gasteiger partial charge in [0.1, 0.15) is 35.0 Å². The molecule has 12 nitrogen and oxygen atoms in total. The third kappa shape index (κ3) is 7.01. The highest BCUT2D eigenvalue weighted by Gasteiger charge is 2.23. The van der Waals surface area contributed by atoms with Crippen LogP contribution in [0.2, 0.25) is 0 Å². The van der Waals surface area contributed by atoms with Gasteiger partial charge in [-0.2, -0.15) is 5.26 Å². The van der Waals surface area contributed by atoms with E-state index in [1.54, 1.807) is 44.4 Å². The number of amides is 1. The smallest absolute Gasteiger partial charge is 0.335 e. The summed E-state index contributed by atoms with van der Waals surface area (Å²) in [7, 11) is 1.60. The Morgan fingerprint density at radius 3 is 2.50 bits per heavy atom. The standard InChI is InChI=1S/C30H34N8O4/c1-20(36-28(39)21(17-31)16-30(2,3)35-14-15-41-4)18-37-27-25(26(32)33-19-34-27)38(29(37)40)22-10-12-24(13-11-22)42-23-8-6-5-7-9-23/h5-13,16,19-20,35H,14-15,18H2,1-4H3,(H,36,39)(H2,32,33,34)/b21-16+/t20-/m0/s1. The number of nitrogen functional groups attached to an aromatic ring is 1. The van der Waals surface area contributed by atoms with Gasteiger partial charge in [0.15, 0.2) is 11.5 Å². The van der Waals surface area contributed by atoms with Gasteiger partial charge in [0.05, 0.1) is 12.3 Å². The highest BCUT2D eigenvalue weighted by molar-refractivity contribution is 5.97. The Morgan fingerprint density at radius 2 is 1.83 bits per heavy atom. The molecule has 2 heterocycles. The lowest BCUT2D eigenvalue weighted by Gasteiger charge is -2.23. The molecule has 0 saturated carbocycles. The number of rotatable bonds is 12. The van der Waals surface area contributed by atoms with Crippen LogP contribution in [0.15, 0.2) is 77.4 Å². The molecule has 0 bridgehead atoms. The zero-order valence-corrected chi connectivity index (χ0v) is 24.0. The van der Waals surface area contributed by atoms with Crippen molar-refractivity contribution in [1.82, 2.24) is 29.7 Å². The quantitative estimate of drug-likeness (QED) is 0.132. The number of nitrogens with two attached hydrogens (primary N) is 1. The molecule has 42 heavy (non-hydrogen) atoms. The third-order valence-corrected chi connectivity index (χ3v) is 6.40. The van der Waals surface area contributed by atoms with E-state index in [1.165, 1.54) is 15.5 Å². The second kappa shape index (κ2) is 13.1. The number of ether oxygens (including phenoxy) is 2. The number of hydrogen-bond donors (Lipinski definition) is 3. The molecule has 1 atom stereocenters. The normalized spacial score (nSPS) is 12.6. The molecule has 0 aliphatic carbocycles. The molecular formula is C30H34N8O4. The van der Waals surface area contributed by atoms with Crippen molar-refractivity contribution in [3.05, 3.63) is 83.1 Å². The first-order valence-corrected chi connectivity index (χ1v) is 13.4. The number of hydrogen-bond acceptors (Lipinski definition) is 9. The molecule has 218 valence electrons. The molecule has 0 spiro atoms. The summed E-state index contributed by atoms with van der Waals surface area (Å²) < 4.78 is 13.8. The van der Waals surface area contributed by atoms with Crippen molar-refractivity contribution in [2.45, 2.75) is 38.9 Å². The van der Waals surface area contributed by atoms with Crippen molar-refractivity contribution in [2.24, 2.45) is 0 Å². The van der Waals surface area contributed by atoms with Crippen LogP contribution < -0.4 is 26.8 Å². The van der Waals surface area contributed by atoms with Crippen molar-refractivity contribution in [2.75, 3.05) is 26.0 Å². The van der Waals surface area contributed by atoms with Gasteiger partial charge in [0.2, 0.25) is 0 Å². The van der Waals surface area contributed by atoms with E-state index < -0.39 is 23.2 Å². The molecule has 0 radical (unpaired) electrons. The average Bonchev–Trinajstić information content (AvgIpc) is 3.24. The maximum Gasteiger partial charge on any atom is 0.335 e. The van der Waals surface area contributed by atoms with Gasteiger partial charge >= 0.3 is 5.69 Å². The molecule has 0 unspecified atom stereocenters. The fraction of sp³-hybridized carbons (Fsp3) is 0.300. The number of methoxy groups -OCH3 is 1. The Labute approximate surface area is 243 Å². The second-order valence-electron chi connectivity index (χ2n) is 10.3. The Balaban J connectivity index is 1.58. The highest BCUT2D eigenvalue weighted by atomic mass is 16.5. The fourth-order valence-corrected chi connectivity index (χ4v) is 4.45. The summed E-state index contributed by atoms with van der Waals surface area (Å²) in [6, 6.07) is 17.8. The number of anilines is 1. The zero-order valence-electron chi connectivity index (χ0n) is 24.0. The summed E-state index contributed by atoms with van der Waals surface area (Å²) in [5.41, 5.74) is 6.34. The predicted molar refractivity (Wildman–Crippen MR) is 159 cm³/mol. The number of aromatic nitrogens is 4. The van der Waals surface area contributed by atoms with Gasteiger partial charge in [0, 0.05) is 31.8 Å². The summed E-state index contributed by atoms with van der Waals surface area (Å²) in [4.78, 5) is 35.1. The first kappa shape index (κ1) is 30.0. The molecule has 0 saturated heterocycles. The molecule has 0 fully saturated rings. The number of nitriles is 1. The van der Waals surface area contributed by atoms with E-state index in [9.17, 15) is 14.9 Å². The first-order valence-electron chi connectivity index (χ1n) is 13.4. The topological polar surface area (TPSA) is 162 Å². The minimum Gasteiger partial charge on any atom is -0.457 e. The van der Waals surface area contributed by atoms with E-state index in [0.29, 0.717) is 41.5 Å². The van der Waals surface area contributed by atoms with E-state index >= 15 is 0 Å². The lowest BCUT2D eigenvalue weighted by atomic mass is 10.0. The summed E-state index contributed by atoms with van der Waals surface area (Å²) >= 11 is 0.